The predicted molar refractivity (Wildman–Crippen MR) is 130 cm³/mol. The maximum Gasteiger partial charge on any atom is 0.322 e. The lowest BCUT2D eigenvalue weighted by molar-refractivity contribution is -0.135. The molecule has 4 rings (SSSR count). The van der Waals surface area contributed by atoms with Gasteiger partial charge in [-0.2, -0.15) is 0 Å². The van der Waals surface area contributed by atoms with Crippen molar-refractivity contribution in [2.24, 2.45) is 5.92 Å². The van der Waals surface area contributed by atoms with Crippen LogP contribution in [0.3, 0.4) is 0 Å². The first-order valence-corrected chi connectivity index (χ1v) is 11.8. The predicted octanol–water partition coefficient (Wildman–Crippen LogP) is 4.15. The lowest BCUT2D eigenvalue weighted by atomic mass is 9.85. The SMILES string of the molecule is Cc1nc(CC2CCC(Oc3cccc(-c4ccccc4)c3)CC2)nc(C(=O)NCC(=O)O)c1O. The molecule has 8 heteroatoms. The average molecular weight is 476 g/mol. The van der Waals surface area contributed by atoms with E-state index in [2.05, 4.69) is 39.6 Å². The Morgan fingerprint density at radius 2 is 1.71 bits per heavy atom. The van der Waals surface area contributed by atoms with Gasteiger partial charge in [-0.05, 0) is 61.8 Å². The van der Waals surface area contributed by atoms with Crippen LogP contribution in [0.4, 0.5) is 0 Å². The quantitative estimate of drug-likeness (QED) is 0.447. The zero-order valence-corrected chi connectivity index (χ0v) is 19.6. The Kier molecular flexibility index (Phi) is 7.60. The van der Waals surface area contributed by atoms with Crippen molar-refractivity contribution >= 4 is 11.9 Å². The standard InChI is InChI=1S/C27H29N3O5/c1-17-26(33)25(27(34)28-16-24(31)32)30-23(29-17)14-18-10-12-21(13-11-18)35-22-9-5-8-20(15-22)19-6-3-2-4-7-19/h2-9,15,18,21,33H,10-14,16H2,1H3,(H,28,34)(H,31,32). The lowest BCUT2D eigenvalue weighted by Crippen LogP contribution is -2.30. The fraction of sp³-hybridized carbons (Fsp3) is 0.333. The summed E-state index contributed by atoms with van der Waals surface area (Å²) in [4.78, 5) is 31.6. The van der Waals surface area contributed by atoms with Crippen molar-refractivity contribution in [2.45, 2.75) is 45.1 Å². The van der Waals surface area contributed by atoms with E-state index < -0.39 is 18.4 Å². The van der Waals surface area contributed by atoms with Gasteiger partial charge < -0.3 is 20.3 Å². The van der Waals surface area contributed by atoms with Crippen LogP contribution in [0.2, 0.25) is 0 Å². The largest absolute Gasteiger partial charge is 0.504 e. The van der Waals surface area contributed by atoms with E-state index in [4.69, 9.17) is 9.84 Å². The van der Waals surface area contributed by atoms with Crippen LogP contribution in [-0.2, 0) is 11.2 Å². The summed E-state index contributed by atoms with van der Waals surface area (Å²) in [6.45, 7) is 1.05. The third-order valence-electron chi connectivity index (χ3n) is 6.23. The van der Waals surface area contributed by atoms with Gasteiger partial charge in [-0.15, -0.1) is 0 Å². The van der Waals surface area contributed by atoms with Crippen LogP contribution in [0, 0.1) is 12.8 Å². The monoisotopic (exact) mass is 475 g/mol. The van der Waals surface area contributed by atoms with Crippen LogP contribution >= 0.6 is 0 Å². The average Bonchev–Trinajstić information content (AvgIpc) is 2.86. The number of rotatable bonds is 8. The molecule has 0 radical (unpaired) electrons. The van der Waals surface area contributed by atoms with E-state index in [1.807, 2.05) is 30.3 Å². The van der Waals surface area contributed by atoms with Gasteiger partial charge in [-0.25, -0.2) is 9.97 Å². The van der Waals surface area contributed by atoms with Crippen molar-refractivity contribution in [3.63, 3.8) is 0 Å². The third-order valence-corrected chi connectivity index (χ3v) is 6.23. The number of aromatic nitrogens is 2. The maximum atomic E-state index is 12.3. The second-order valence-electron chi connectivity index (χ2n) is 8.86. The zero-order valence-electron chi connectivity index (χ0n) is 19.6. The summed E-state index contributed by atoms with van der Waals surface area (Å²) in [6, 6.07) is 18.4. The molecule has 1 fully saturated rings. The molecule has 8 nitrogen and oxygen atoms in total. The van der Waals surface area contributed by atoms with E-state index >= 15 is 0 Å². The highest BCUT2D eigenvalue weighted by molar-refractivity contribution is 5.96. The maximum absolute atomic E-state index is 12.3. The number of carbonyl (C=O) groups excluding carboxylic acids is 1. The van der Waals surface area contributed by atoms with Crippen molar-refractivity contribution in [3.8, 4) is 22.6 Å². The van der Waals surface area contributed by atoms with E-state index in [9.17, 15) is 14.7 Å². The smallest absolute Gasteiger partial charge is 0.322 e. The highest BCUT2D eigenvalue weighted by Crippen LogP contribution is 2.31. The summed E-state index contributed by atoms with van der Waals surface area (Å²) in [5, 5.41) is 21.2. The number of nitrogens with one attached hydrogen (secondary N) is 1. The molecular weight excluding hydrogens is 446 g/mol. The molecular formula is C27H29N3O5. The first-order chi connectivity index (χ1) is 16.9. The molecule has 1 saturated carbocycles. The minimum absolute atomic E-state index is 0.136. The molecule has 0 spiro atoms. The van der Waals surface area contributed by atoms with Gasteiger partial charge in [0.2, 0.25) is 0 Å². The van der Waals surface area contributed by atoms with Crippen molar-refractivity contribution < 1.29 is 24.5 Å². The molecule has 1 amide bonds. The number of aryl methyl sites for hydroxylation is 1. The normalized spacial score (nSPS) is 17.5. The molecule has 1 aliphatic rings. The minimum atomic E-state index is -1.17. The highest BCUT2D eigenvalue weighted by Gasteiger charge is 2.25. The number of carboxylic acid groups (broad SMARTS) is 1. The van der Waals surface area contributed by atoms with Crippen LogP contribution in [-0.4, -0.2) is 44.7 Å². The number of ether oxygens (including phenoxy) is 1. The van der Waals surface area contributed by atoms with Gasteiger partial charge in [-0.1, -0.05) is 42.5 Å². The lowest BCUT2D eigenvalue weighted by Gasteiger charge is -2.29. The summed E-state index contributed by atoms with van der Waals surface area (Å²) in [5.41, 5.74) is 2.39. The number of hydrogen-bond donors (Lipinski definition) is 3. The molecule has 3 aromatic rings. The number of carboxylic acids is 1. The van der Waals surface area contributed by atoms with Crippen molar-refractivity contribution in [2.75, 3.05) is 6.54 Å². The Labute approximate surface area is 204 Å². The van der Waals surface area contributed by atoms with Gasteiger partial charge in [-0.3, -0.25) is 9.59 Å². The molecule has 3 N–H and O–H groups in total. The molecule has 1 aromatic heterocycles. The van der Waals surface area contributed by atoms with Gasteiger partial charge in [0.25, 0.3) is 5.91 Å². The molecule has 0 saturated heterocycles. The summed E-state index contributed by atoms with van der Waals surface area (Å²) in [6.07, 6.45) is 4.40. The number of aromatic hydroxyl groups is 1. The van der Waals surface area contributed by atoms with Crippen LogP contribution in [0.15, 0.2) is 54.6 Å². The topological polar surface area (TPSA) is 122 Å². The Morgan fingerprint density at radius 3 is 2.43 bits per heavy atom. The van der Waals surface area contributed by atoms with E-state index in [0.717, 1.165) is 42.6 Å². The van der Waals surface area contributed by atoms with E-state index in [-0.39, 0.29) is 17.5 Å². The van der Waals surface area contributed by atoms with Crippen LogP contribution in [0.25, 0.3) is 11.1 Å². The minimum Gasteiger partial charge on any atom is -0.504 e. The molecule has 0 atom stereocenters. The highest BCUT2D eigenvalue weighted by atomic mass is 16.5. The Bertz CT molecular complexity index is 1190. The van der Waals surface area contributed by atoms with Gasteiger partial charge in [0.05, 0.1) is 11.8 Å². The molecule has 1 aliphatic carbocycles. The molecule has 0 unspecified atom stereocenters. The first kappa shape index (κ1) is 24.2. The second kappa shape index (κ2) is 11.0. The summed E-state index contributed by atoms with van der Waals surface area (Å²) in [7, 11) is 0. The number of benzene rings is 2. The van der Waals surface area contributed by atoms with Crippen LogP contribution < -0.4 is 10.1 Å². The van der Waals surface area contributed by atoms with E-state index in [1.165, 1.54) is 0 Å². The zero-order chi connectivity index (χ0) is 24.8. The molecule has 2 aromatic carbocycles. The fourth-order valence-electron chi connectivity index (χ4n) is 4.40. The molecule has 182 valence electrons. The molecule has 0 aliphatic heterocycles. The van der Waals surface area contributed by atoms with Gasteiger partial charge >= 0.3 is 5.97 Å². The molecule has 0 bridgehead atoms. The Balaban J connectivity index is 1.34. The van der Waals surface area contributed by atoms with Gasteiger partial charge in [0.15, 0.2) is 11.4 Å². The number of carbonyl (C=O) groups is 2. The van der Waals surface area contributed by atoms with Crippen molar-refractivity contribution in [1.29, 1.82) is 0 Å². The van der Waals surface area contributed by atoms with Crippen LogP contribution in [0.1, 0.15) is 47.7 Å². The Hall–Kier alpha value is -3.94. The van der Waals surface area contributed by atoms with E-state index in [0.29, 0.717) is 23.9 Å². The third kappa shape index (κ3) is 6.35. The van der Waals surface area contributed by atoms with Crippen LogP contribution in [0.5, 0.6) is 11.5 Å². The van der Waals surface area contributed by atoms with E-state index in [1.54, 1.807) is 6.92 Å². The fourth-order valence-corrected chi connectivity index (χ4v) is 4.40. The van der Waals surface area contributed by atoms with Gasteiger partial charge in [0.1, 0.15) is 18.1 Å². The second-order valence-corrected chi connectivity index (χ2v) is 8.86. The summed E-state index contributed by atoms with van der Waals surface area (Å²) < 4.78 is 6.28. The first-order valence-electron chi connectivity index (χ1n) is 11.8. The number of amides is 1. The summed E-state index contributed by atoms with van der Waals surface area (Å²) in [5.74, 6) is -0.554. The summed E-state index contributed by atoms with van der Waals surface area (Å²) >= 11 is 0. The molecule has 35 heavy (non-hydrogen) atoms. The van der Waals surface area contributed by atoms with Crippen molar-refractivity contribution in [3.05, 3.63) is 71.8 Å². The Morgan fingerprint density at radius 1 is 1.00 bits per heavy atom. The number of hydrogen-bond acceptors (Lipinski definition) is 6. The van der Waals surface area contributed by atoms with Crippen molar-refractivity contribution in [1.82, 2.24) is 15.3 Å². The molecule has 1 heterocycles. The number of aliphatic carboxylic acids is 1. The number of nitrogens with zero attached hydrogens (tertiary/aromatic N) is 2. The van der Waals surface area contributed by atoms with Gasteiger partial charge in [0, 0.05) is 6.42 Å².